The van der Waals surface area contributed by atoms with Gasteiger partial charge in [-0.05, 0) is 42.2 Å². The van der Waals surface area contributed by atoms with Crippen LogP contribution in [-0.2, 0) is 16.8 Å². The number of benzene rings is 2. The second-order valence-electron chi connectivity index (χ2n) is 5.06. The lowest BCUT2D eigenvalue weighted by Gasteiger charge is -2.29. The summed E-state index contributed by atoms with van der Waals surface area (Å²) in [6.07, 6.45) is 1.55. The number of nitrogens with two attached hydrogens (primary N) is 1. The zero-order valence-corrected chi connectivity index (χ0v) is 12.5. The summed E-state index contributed by atoms with van der Waals surface area (Å²) in [5.74, 6) is -0.331. The molecule has 1 atom stereocenters. The molecule has 1 aliphatic carbocycles. The Morgan fingerprint density at radius 1 is 1.20 bits per heavy atom. The Hall–Kier alpha value is -1.81. The van der Waals surface area contributed by atoms with Gasteiger partial charge in [-0.3, -0.25) is 4.79 Å². The molecule has 2 aromatic carbocycles. The van der Waals surface area contributed by atoms with Gasteiger partial charge in [-0.25, -0.2) is 0 Å². The number of rotatable bonds is 3. The maximum absolute atomic E-state index is 12.1. The average Bonchev–Trinajstić information content (AvgIpc) is 2.79. The average molecular weight is 331 g/mol. The predicted octanol–water partition coefficient (Wildman–Crippen LogP) is 3.19. The van der Waals surface area contributed by atoms with Crippen molar-refractivity contribution in [2.45, 2.75) is 18.4 Å². The van der Waals surface area contributed by atoms with Crippen molar-refractivity contribution in [1.82, 2.24) is 0 Å². The lowest BCUT2D eigenvalue weighted by molar-refractivity contribution is -0.122. The highest BCUT2D eigenvalue weighted by Gasteiger charge is 2.43. The summed E-state index contributed by atoms with van der Waals surface area (Å²) in [6.45, 7) is 0. The molecule has 0 spiro atoms. The van der Waals surface area contributed by atoms with E-state index in [1.165, 1.54) is 5.56 Å². The normalized spacial score (nSPS) is 20.4. The number of primary amides is 1. The lowest BCUT2D eigenvalue weighted by Crippen LogP contribution is -2.46. The summed E-state index contributed by atoms with van der Waals surface area (Å²) in [5.41, 5.74) is 7.98. The predicted molar refractivity (Wildman–Crippen MR) is 83.4 cm³/mol. The second-order valence-corrected chi connectivity index (χ2v) is 5.98. The molecule has 0 bridgehead atoms. The van der Waals surface area contributed by atoms with E-state index >= 15 is 0 Å². The SMILES string of the molecule is NC(=O)C1(Nc2cccc(Br)c2)CCc2ccccc21. The minimum Gasteiger partial charge on any atom is -0.368 e. The highest BCUT2D eigenvalue weighted by atomic mass is 79.9. The van der Waals surface area contributed by atoms with Crippen LogP contribution in [0.5, 0.6) is 0 Å². The molecule has 4 heteroatoms. The van der Waals surface area contributed by atoms with E-state index in [9.17, 15) is 4.79 Å². The summed E-state index contributed by atoms with van der Waals surface area (Å²) in [7, 11) is 0. The minimum absolute atomic E-state index is 0.331. The van der Waals surface area contributed by atoms with Gasteiger partial charge in [-0.2, -0.15) is 0 Å². The van der Waals surface area contributed by atoms with Crippen molar-refractivity contribution < 1.29 is 4.79 Å². The fraction of sp³-hybridized carbons (Fsp3) is 0.188. The van der Waals surface area contributed by atoms with Gasteiger partial charge in [0.15, 0.2) is 0 Å². The molecule has 3 N–H and O–H groups in total. The molecule has 0 aliphatic heterocycles. The number of hydrogen-bond donors (Lipinski definition) is 2. The van der Waals surface area contributed by atoms with Crippen molar-refractivity contribution >= 4 is 27.5 Å². The molecule has 0 saturated carbocycles. The van der Waals surface area contributed by atoms with E-state index in [0.29, 0.717) is 6.42 Å². The van der Waals surface area contributed by atoms with Crippen LogP contribution in [0.25, 0.3) is 0 Å². The van der Waals surface area contributed by atoms with Crippen LogP contribution in [-0.4, -0.2) is 5.91 Å². The van der Waals surface area contributed by atoms with Crippen LogP contribution in [0, 0.1) is 0 Å². The quantitative estimate of drug-likeness (QED) is 0.908. The monoisotopic (exact) mass is 330 g/mol. The zero-order valence-electron chi connectivity index (χ0n) is 10.9. The number of hydrogen-bond acceptors (Lipinski definition) is 2. The largest absolute Gasteiger partial charge is 0.368 e. The van der Waals surface area contributed by atoms with E-state index in [-0.39, 0.29) is 5.91 Å². The molecule has 1 amide bonds. The number of halogens is 1. The molecule has 1 unspecified atom stereocenters. The number of anilines is 1. The van der Waals surface area contributed by atoms with Crippen molar-refractivity contribution in [2.75, 3.05) is 5.32 Å². The Bertz CT molecular complexity index is 671. The minimum atomic E-state index is -0.808. The Morgan fingerprint density at radius 2 is 2.00 bits per heavy atom. The van der Waals surface area contributed by atoms with Gasteiger partial charge in [-0.15, -0.1) is 0 Å². The fourth-order valence-corrected chi connectivity index (χ4v) is 3.27. The first kappa shape index (κ1) is 13.2. The van der Waals surface area contributed by atoms with Crippen molar-refractivity contribution in [3.8, 4) is 0 Å². The number of carbonyl (C=O) groups is 1. The topological polar surface area (TPSA) is 55.1 Å². The van der Waals surface area contributed by atoms with Crippen LogP contribution in [0.2, 0.25) is 0 Å². The Kier molecular flexibility index (Phi) is 3.26. The standard InChI is InChI=1S/C16H15BrN2O/c17-12-5-3-6-13(10-12)19-16(15(18)20)9-8-11-4-1-2-7-14(11)16/h1-7,10,19H,8-9H2,(H2,18,20). The summed E-state index contributed by atoms with van der Waals surface area (Å²) < 4.78 is 0.966. The molecular weight excluding hydrogens is 316 g/mol. The zero-order chi connectivity index (χ0) is 14.2. The number of amides is 1. The van der Waals surface area contributed by atoms with E-state index in [1.807, 2.05) is 42.5 Å². The van der Waals surface area contributed by atoms with Crippen LogP contribution < -0.4 is 11.1 Å². The Morgan fingerprint density at radius 3 is 2.75 bits per heavy atom. The third kappa shape index (κ3) is 2.10. The van der Waals surface area contributed by atoms with E-state index in [1.54, 1.807) is 0 Å². The number of carbonyl (C=O) groups excluding carboxylic acids is 1. The van der Waals surface area contributed by atoms with E-state index in [0.717, 1.165) is 22.1 Å². The van der Waals surface area contributed by atoms with Crippen molar-refractivity contribution in [3.63, 3.8) is 0 Å². The molecule has 102 valence electrons. The highest BCUT2D eigenvalue weighted by Crippen LogP contribution is 2.39. The third-order valence-corrected chi connectivity index (χ3v) is 4.34. The molecule has 3 rings (SSSR count). The van der Waals surface area contributed by atoms with Gasteiger partial charge in [0.25, 0.3) is 0 Å². The summed E-state index contributed by atoms with van der Waals surface area (Å²) in [4.78, 5) is 12.1. The van der Waals surface area contributed by atoms with Crippen molar-refractivity contribution in [2.24, 2.45) is 5.73 Å². The smallest absolute Gasteiger partial charge is 0.247 e. The molecule has 20 heavy (non-hydrogen) atoms. The van der Waals surface area contributed by atoms with Crippen LogP contribution in [0.4, 0.5) is 5.69 Å². The summed E-state index contributed by atoms with van der Waals surface area (Å²) in [5, 5.41) is 3.35. The Labute approximate surface area is 126 Å². The van der Waals surface area contributed by atoms with Gasteiger partial charge < -0.3 is 11.1 Å². The summed E-state index contributed by atoms with van der Waals surface area (Å²) in [6, 6.07) is 15.8. The maximum atomic E-state index is 12.1. The first-order valence-corrected chi connectivity index (χ1v) is 7.33. The van der Waals surface area contributed by atoms with Gasteiger partial charge in [-0.1, -0.05) is 46.3 Å². The third-order valence-electron chi connectivity index (χ3n) is 3.85. The van der Waals surface area contributed by atoms with Crippen molar-refractivity contribution in [3.05, 3.63) is 64.1 Å². The highest BCUT2D eigenvalue weighted by molar-refractivity contribution is 9.10. The number of fused-ring (bicyclic) bond motifs is 1. The van der Waals surface area contributed by atoms with E-state index in [2.05, 4.69) is 27.3 Å². The molecule has 0 saturated heterocycles. The maximum Gasteiger partial charge on any atom is 0.247 e. The van der Waals surface area contributed by atoms with Crippen LogP contribution in [0.3, 0.4) is 0 Å². The fourth-order valence-electron chi connectivity index (χ4n) is 2.87. The molecule has 0 fully saturated rings. The second kappa shape index (κ2) is 4.94. The van der Waals surface area contributed by atoms with Crippen LogP contribution in [0.15, 0.2) is 53.0 Å². The van der Waals surface area contributed by atoms with Crippen LogP contribution >= 0.6 is 15.9 Å². The first-order chi connectivity index (χ1) is 9.62. The molecule has 0 radical (unpaired) electrons. The van der Waals surface area contributed by atoms with Crippen molar-refractivity contribution in [1.29, 1.82) is 0 Å². The molecule has 2 aromatic rings. The molecule has 0 heterocycles. The molecule has 0 aromatic heterocycles. The molecular formula is C16H15BrN2O. The number of nitrogens with one attached hydrogen (secondary N) is 1. The van der Waals surface area contributed by atoms with E-state index in [4.69, 9.17) is 5.73 Å². The number of aryl methyl sites for hydroxylation is 1. The van der Waals surface area contributed by atoms with Gasteiger partial charge in [0, 0.05) is 10.2 Å². The first-order valence-electron chi connectivity index (χ1n) is 6.54. The summed E-state index contributed by atoms with van der Waals surface area (Å²) >= 11 is 3.44. The van der Waals surface area contributed by atoms with Crippen LogP contribution in [0.1, 0.15) is 17.5 Å². The molecule has 1 aliphatic rings. The lowest BCUT2D eigenvalue weighted by atomic mass is 9.90. The van der Waals surface area contributed by atoms with Gasteiger partial charge >= 0.3 is 0 Å². The Balaban J connectivity index is 2.05. The van der Waals surface area contributed by atoms with Gasteiger partial charge in [0.05, 0.1) is 0 Å². The molecule has 3 nitrogen and oxygen atoms in total. The van der Waals surface area contributed by atoms with Gasteiger partial charge in [0.2, 0.25) is 5.91 Å². The van der Waals surface area contributed by atoms with Gasteiger partial charge in [0.1, 0.15) is 5.54 Å². The van der Waals surface area contributed by atoms with E-state index < -0.39 is 5.54 Å².